The average molecular weight is 318 g/mol. The molecule has 4 nitrogen and oxygen atoms in total. The van der Waals surface area contributed by atoms with E-state index in [0.29, 0.717) is 24.9 Å². The molecule has 0 aliphatic heterocycles. The minimum absolute atomic E-state index is 0.0139. The molecule has 2 aromatic rings. The van der Waals surface area contributed by atoms with E-state index >= 15 is 0 Å². The van der Waals surface area contributed by atoms with Crippen LogP contribution in [-0.2, 0) is 11.3 Å². The van der Waals surface area contributed by atoms with Crippen molar-refractivity contribution in [2.24, 2.45) is 5.92 Å². The van der Waals surface area contributed by atoms with Crippen molar-refractivity contribution in [2.45, 2.75) is 51.6 Å². The molecule has 1 aliphatic carbocycles. The number of aryl methyl sites for hydroxylation is 1. The summed E-state index contributed by atoms with van der Waals surface area (Å²) in [5.41, 5.74) is 0.927. The second-order valence-electron chi connectivity index (χ2n) is 6.17. The Balaban J connectivity index is 1.63. The van der Waals surface area contributed by atoms with Crippen molar-refractivity contribution in [3.8, 4) is 0 Å². The lowest BCUT2D eigenvalue weighted by Gasteiger charge is -2.29. The van der Waals surface area contributed by atoms with E-state index < -0.39 is 0 Å². The van der Waals surface area contributed by atoms with Gasteiger partial charge in [-0.05, 0) is 30.9 Å². The Morgan fingerprint density at radius 2 is 2.09 bits per heavy atom. The quantitative estimate of drug-likeness (QED) is 0.941. The number of carbonyl (C=O) groups excluding carboxylic acids is 1. The van der Waals surface area contributed by atoms with Crippen LogP contribution in [0.2, 0.25) is 0 Å². The third kappa shape index (κ3) is 3.24. The van der Waals surface area contributed by atoms with Gasteiger partial charge in [0.15, 0.2) is 0 Å². The third-order valence-corrected chi connectivity index (χ3v) is 5.55. The number of thiazole rings is 1. The molecule has 22 heavy (non-hydrogen) atoms. The number of rotatable bonds is 4. The molecular formula is C17H22N2O2S. The predicted molar refractivity (Wildman–Crippen MR) is 90.3 cm³/mol. The number of hydrogen-bond donors (Lipinski definition) is 1. The molecule has 1 N–H and O–H groups in total. The zero-order valence-corrected chi connectivity index (χ0v) is 13.7. The molecule has 0 unspecified atom stereocenters. The first-order valence-electron chi connectivity index (χ1n) is 8.03. The van der Waals surface area contributed by atoms with E-state index in [-0.39, 0.29) is 10.8 Å². The van der Waals surface area contributed by atoms with Gasteiger partial charge in [-0.1, -0.05) is 43.2 Å². The Kier molecular flexibility index (Phi) is 4.62. The van der Waals surface area contributed by atoms with Crippen LogP contribution < -0.4 is 10.2 Å². The number of carbonyl (C=O) groups is 1. The van der Waals surface area contributed by atoms with Crippen LogP contribution in [0.15, 0.2) is 29.1 Å². The zero-order chi connectivity index (χ0) is 15.5. The molecular weight excluding hydrogens is 296 g/mol. The molecule has 2 atom stereocenters. The first-order chi connectivity index (χ1) is 10.6. The molecule has 1 heterocycles. The van der Waals surface area contributed by atoms with Gasteiger partial charge in [0.1, 0.15) is 0 Å². The van der Waals surface area contributed by atoms with E-state index in [1.165, 1.54) is 30.6 Å². The number of nitrogens with one attached hydrogen (secondary N) is 1. The van der Waals surface area contributed by atoms with Gasteiger partial charge < -0.3 is 5.32 Å². The monoisotopic (exact) mass is 318 g/mol. The number of nitrogens with zero attached hydrogens (tertiary/aromatic N) is 1. The van der Waals surface area contributed by atoms with Crippen LogP contribution in [-0.4, -0.2) is 16.5 Å². The van der Waals surface area contributed by atoms with E-state index in [1.54, 1.807) is 4.57 Å². The summed E-state index contributed by atoms with van der Waals surface area (Å²) in [6, 6.07) is 8.04. The Hall–Kier alpha value is -1.62. The summed E-state index contributed by atoms with van der Waals surface area (Å²) in [5.74, 6) is 0.614. The van der Waals surface area contributed by atoms with Gasteiger partial charge in [-0.25, -0.2) is 0 Å². The maximum absolute atomic E-state index is 12.2. The number of benzene rings is 1. The van der Waals surface area contributed by atoms with Crippen molar-refractivity contribution in [1.82, 2.24) is 9.88 Å². The van der Waals surface area contributed by atoms with E-state index in [0.717, 1.165) is 16.6 Å². The normalized spacial score (nSPS) is 21.9. The van der Waals surface area contributed by atoms with Crippen molar-refractivity contribution in [2.75, 3.05) is 0 Å². The van der Waals surface area contributed by atoms with E-state index in [2.05, 4.69) is 12.2 Å². The molecule has 1 aromatic carbocycles. The molecule has 1 aromatic heterocycles. The van der Waals surface area contributed by atoms with Crippen LogP contribution in [0.25, 0.3) is 10.2 Å². The molecule has 0 saturated heterocycles. The summed E-state index contributed by atoms with van der Waals surface area (Å²) in [5, 5.41) is 3.15. The van der Waals surface area contributed by atoms with Crippen LogP contribution in [0.3, 0.4) is 0 Å². The van der Waals surface area contributed by atoms with Crippen LogP contribution in [0.4, 0.5) is 0 Å². The van der Waals surface area contributed by atoms with Gasteiger partial charge in [-0.3, -0.25) is 14.2 Å². The Bertz CT molecular complexity index is 719. The maximum atomic E-state index is 12.2. The van der Waals surface area contributed by atoms with Crippen molar-refractivity contribution in [1.29, 1.82) is 0 Å². The molecule has 1 amide bonds. The SMILES string of the molecule is C[C@H]1CCCC[C@@H]1NC(=O)CCn1c(=O)sc2ccccc21. The number of fused-ring (bicyclic) bond motifs is 1. The molecule has 3 rings (SSSR count). The number of para-hydroxylation sites is 1. The first-order valence-corrected chi connectivity index (χ1v) is 8.84. The van der Waals surface area contributed by atoms with Crippen LogP contribution >= 0.6 is 11.3 Å². The Morgan fingerprint density at radius 1 is 1.32 bits per heavy atom. The highest BCUT2D eigenvalue weighted by atomic mass is 32.1. The third-order valence-electron chi connectivity index (χ3n) is 4.59. The van der Waals surface area contributed by atoms with Gasteiger partial charge in [-0.15, -0.1) is 0 Å². The fraction of sp³-hybridized carbons (Fsp3) is 0.529. The number of amides is 1. The van der Waals surface area contributed by atoms with Gasteiger partial charge >= 0.3 is 4.87 Å². The second-order valence-corrected chi connectivity index (χ2v) is 7.17. The maximum Gasteiger partial charge on any atom is 0.308 e. The molecule has 0 bridgehead atoms. The minimum atomic E-state index is 0.0139. The van der Waals surface area contributed by atoms with Crippen LogP contribution in [0.5, 0.6) is 0 Å². The molecule has 0 spiro atoms. The van der Waals surface area contributed by atoms with Gasteiger partial charge in [0, 0.05) is 19.0 Å². The molecule has 1 saturated carbocycles. The van der Waals surface area contributed by atoms with Crippen molar-refractivity contribution in [3.05, 3.63) is 33.9 Å². The van der Waals surface area contributed by atoms with E-state index in [9.17, 15) is 9.59 Å². The van der Waals surface area contributed by atoms with Crippen LogP contribution in [0.1, 0.15) is 39.0 Å². The summed E-state index contributed by atoms with van der Waals surface area (Å²) in [4.78, 5) is 24.2. The summed E-state index contributed by atoms with van der Waals surface area (Å²) in [6.45, 7) is 2.66. The Morgan fingerprint density at radius 3 is 2.91 bits per heavy atom. The number of hydrogen-bond acceptors (Lipinski definition) is 3. The molecule has 0 radical (unpaired) electrons. The fourth-order valence-electron chi connectivity index (χ4n) is 3.25. The highest BCUT2D eigenvalue weighted by molar-refractivity contribution is 7.16. The van der Waals surface area contributed by atoms with Gasteiger partial charge in [0.25, 0.3) is 0 Å². The highest BCUT2D eigenvalue weighted by Gasteiger charge is 2.22. The summed E-state index contributed by atoms with van der Waals surface area (Å²) >= 11 is 1.24. The zero-order valence-electron chi connectivity index (χ0n) is 12.9. The van der Waals surface area contributed by atoms with Gasteiger partial charge in [0.05, 0.1) is 10.2 Å². The van der Waals surface area contributed by atoms with Crippen molar-refractivity contribution in [3.63, 3.8) is 0 Å². The van der Waals surface area contributed by atoms with E-state index in [1.807, 2.05) is 24.3 Å². The lowest BCUT2D eigenvalue weighted by molar-refractivity contribution is -0.122. The largest absolute Gasteiger partial charge is 0.353 e. The summed E-state index contributed by atoms with van der Waals surface area (Å²) in [6.07, 6.45) is 5.10. The highest BCUT2D eigenvalue weighted by Crippen LogP contribution is 2.23. The smallest absolute Gasteiger partial charge is 0.308 e. The predicted octanol–water partition coefficient (Wildman–Crippen LogP) is 3.15. The fourth-order valence-corrected chi connectivity index (χ4v) is 4.17. The van der Waals surface area contributed by atoms with Gasteiger partial charge in [-0.2, -0.15) is 0 Å². The standard InChI is InChI=1S/C17H22N2O2S/c1-12-6-2-3-7-13(12)18-16(20)10-11-19-14-8-4-5-9-15(14)22-17(19)21/h4-5,8-9,12-13H,2-3,6-7,10-11H2,1H3,(H,18,20)/t12-,13-/m0/s1. The first kappa shape index (κ1) is 15.3. The summed E-state index contributed by atoms with van der Waals surface area (Å²) < 4.78 is 2.69. The summed E-state index contributed by atoms with van der Waals surface area (Å²) in [7, 11) is 0. The lowest BCUT2D eigenvalue weighted by Crippen LogP contribution is -2.41. The minimum Gasteiger partial charge on any atom is -0.353 e. The lowest BCUT2D eigenvalue weighted by atomic mass is 9.86. The van der Waals surface area contributed by atoms with Crippen LogP contribution in [0, 0.1) is 5.92 Å². The molecule has 5 heteroatoms. The molecule has 118 valence electrons. The molecule has 1 fully saturated rings. The van der Waals surface area contributed by atoms with E-state index in [4.69, 9.17) is 0 Å². The topological polar surface area (TPSA) is 51.1 Å². The van der Waals surface area contributed by atoms with Crippen molar-refractivity contribution < 1.29 is 4.79 Å². The van der Waals surface area contributed by atoms with Gasteiger partial charge in [0.2, 0.25) is 5.91 Å². The average Bonchev–Trinajstić information content (AvgIpc) is 2.83. The Labute approximate surface area is 134 Å². The second kappa shape index (κ2) is 6.65. The number of aromatic nitrogens is 1. The van der Waals surface area contributed by atoms with Crippen molar-refractivity contribution >= 4 is 27.5 Å². The molecule has 1 aliphatic rings.